The number of hydrogen-bond acceptors (Lipinski definition) is 4. The van der Waals surface area contributed by atoms with Crippen LogP contribution in [-0.4, -0.2) is 23.2 Å². The van der Waals surface area contributed by atoms with Gasteiger partial charge in [0.25, 0.3) is 5.91 Å². The van der Waals surface area contributed by atoms with Crippen molar-refractivity contribution in [3.05, 3.63) is 71.3 Å². The Morgan fingerprint density at radius 3 is 2.28 bits per heavy atom. The zero-order valence-corrected chi connectivity index (χ0v) is 14.4. The Kier molecular flexibility index (Phi) is 4.75. The maximum Gasteiger partial charge on any atom is 0.255 e. The third-order valence-electron chi connectivity index (χ3n) is 4.06. The molecule has 5 nitrogen and oxygen atoms in total. The van der Waals surface area contributed by atoms with Crippen molar-refractivity contribution in [1.29, 1.82) is 0 Å². The smallest absolute Gasteiger partial charge is 0.255 e. The third kappa shape index (κ3) is 3.83. The molecule has 25 heavy (non-hydrogen) atoms. The highest BCUT2D eigenvalue weighted by atomic mass is 16.5. The molecule has 3 aromatic rings. The van der Waals surface area contributed by atoms with Crippen LogP contribution in [0.15, 0.2) is 54.6 Å². The van der Waals surface area contributed by atoms with E-state index in [9.17, 15) is 4.79 Å². The number of anilines is 1. The summed E-state index contributed by atoms with van der Waals surface area (Å²) in [5, 5.41) is 11.0. The zero-order chi connectivity index (χ0) is 17.8. The highest BCUT2D eigenvalue weighted by Gasteiger charge is 2.08. The molecule has 1 amide bonds. The van der Waals surface area contributed by atoms with Crippen LogP contribution in [0.4, 0.5) is 5.69 Å². The van der Waals surface area contributed by atoms with Gasteiger partial charge in [0, 0.05) is 22.9 Å². The van der Waals surface area contributed by atoms with Crippen molar-refractivity contribution in [1.82, 2.24) is 10.2 Å². The molecule has 3 rings (SSSR count). The summed E-state index contributed by atoms with van der Waals surface area (Å²) in [6.07, 6.45) is 0. The van der Waals surface area contributed by atoms with Crippen LogP contribution in [-0.2, 0) is 0 Å². The fourth-order valence-corrected chi connectivity index (χ4v) is 2.39. The summed E-state index contributed by atoms with van der Waals surface area (Å²) >= 11 is 0. The van der Waals surface area contributed by atoms with Crippen LogP contribution >= 0.6 is 0 Å². The number of methoxy groups -OCH3 is 1. The Morgan fingerprint density at radius 1 is 0.920 bits per heavy atom. The lowest BCUT2D eigenvalue weighted by Crippen LogP contribution is -2.12. The first-order chi connectivity index (χ1) is 12.1. The Bertz CT molecular complexity index is 888. The molecular weight excluding hydrogens is 314 g/mol. The lowest BCUT2D eigenvalue weighted by molar-refractivity contribution is 0.102. The van der Waals surface area contributed by atoms with Gasteiger partial charge in [-0.3, -0.25) is 4.79 Å². The van der Waals surface area contributed by atoms with E-state index in [0.29, 0.717) is 11.4 Å². The SMILES string of the molecule is COc1ccc(-c2ccc(NC(=O)c3ccc(C)c(C)c3)cc2)nn1. The van der Waals surface area contributed by atoms with Crippen molar-refractivity contribution in [2.45, 2.75) is 13.8 Å². The summed E-state index contributed by atoms with van der Waals surface area (Å²) in [6, 6.07) is 16.8. The normalized spacial score (nSPS) is 10.4. The lowest BCUT2D eigenvalue weighted by Gasteiger charge is -2.08. The standard InChI is InChI=1S/C20H19N3O2/c1-13-4-5-16(12-14(13)2)20(24)21-17-8-6-15(7-9-17)18-10-11-19(25-3)23-22-18/h4-12H,1-3H3,(H,21,24). The first-order valence-electron chi connectivity index (χ1n) is 7.93. The van der Waals surface area contributed by atoms with E-state index >= 15 is 0 Å². The largest absolute Gasteiger partial charge is 0.480 e. The topological polar surface area (TPSA) is 64.1 Å². The van der Waals surface area contributed by atoms with E-state index in [-0.39, 0.29) is 5.91 Å². The molecular formula is C20H19N3O2. The molecule has 1 N–H and O–H groups in total. The summed E-state index contributed by atoms with van der Waals surface area (Å²) in [4.78, 5) is 12.4. The monoisotopic (exact) mass is 333 g/mol. The van der Waals surface area contributed by atoms with Gasteiger partial charge in [0.2, 0.25) is 5.88 Å². The molecule has 5 heteroatoms. The Balaban J connectivity index is 1.73. The molecule has 0 bridgehead atoms. The molecule has 0 unspecified atom stereocenters. The first-order valence-corrected chi connectivity index (χ1v) is 7.93. The number of nitrogens with one attached hydrogen (secondary N) is 1. The van der Waals surface area contributed by atoms with Crippen molar-refractivity contribution >= 4 is 11.6 Å². The second-order valence-corrected chi connectivity index (χ2v) is 5.79. The fraction of sp³-hybridized carbons (Fsp3) is 0.150. The Morgan fingerprint density at radius 2 is 1.68 bits per heavy atom. The number of benzene rings is 2. The zero-order valence-electron chi connectivity index (χ0n) is 14.4. The van der Waals surface area contributed by atoms with Gasteiger partial charge in [-0.05, 0) is 55.3 Å². The van der Waals surface area contributed by atoms with Crippen LogP contribution in [0.2, 0.25) is 0 Å². The molecule has 0 saturated carbocycles. The van der Waals surface area contributed by atoms with Crippen LogP contribution < -0.4 is 10.1 Å². The highest BCUT2D eigenvalue weighted by molar-refractivity contribution is 6.04. The summed E-state index contributed by atoms with van der Waals surface area (Å²) in [6.45, 7) is 4.02. The fourth-order valence-electron chi connectivity index (χ4n) is 2.39. The number of ether oxygens (including phenoxy) is 1. The molecule has 0 saturated heterocycles. The minimum absolute atomic E-state index is 0.125. The maximum absolute atomic E-state index is 12.4. The number of hydrogen-bond donors (Lipinski definition) is 1. The van der Waals surface area contributed by atoms with Crippen LogP contribution in [0.25, 0.3) is 11.3 Å². The minimum atomic E-state index is -0.125. The molecule has 0 radical (unpaired) electrons. The van der Waals surface area contributed by atoms with Gasteiger partial charge in [-0.2, -0.15) is 0 Å². The van der Waals surface area contributed by atoms with Crippen LogP contribution in [0.5, 0.6) is 5.88 Å². The van der Waals surface area contributed by atoms with Gasteiger partial charge in [-0.15, -0.1) is 10.2 Å². The number of amides is 1. The number of aryl methyl sites for hydroxylation is 2. The van der Waals surface area contributed by atoms with Gasteiger partial charge < -0.3 is 10.1 Å². The van der Waals surface area contributed by atoms with Crippen molar-refractivity contribution < 1.29 is 9.53 Å². The number of aromatic nitrogens is 2. The molecule has 2 aromatic carbocycles. The van der Waals surface area contributed by atoms with E-state index in [4.69, 9.17) is 4.74 Å². The molecule has 0 aliphatic rings. The molecule has 1 heterocycles. The summed E-state index contributed by atoms with van der Waals surface area (Å²) in [5.41, 5.74) is 5.30. The number of nitrogens with zero attached hydrogens (tertiary/aromatic N) is 2. The second-order valence-electron chi connectivity index (χ2n) is 5.79. The Labute approximate surface area is 146 Å². The minimum Gasteiger partial charge on any atom is -0.480 e. The van der Waals surface area contributed by atoms with Gasteiger partial charge in [0.05, 0.1) is 12.8 Å². The van der Waals surface area contributed by atoms with Crippen molar-refractivity contribution in [2.75, 3.05) is 12.4 Å². The van der Waals surface area contributed by atoms with Crippen molar-refractivity contribution in [3.63, 3.8) is 0 Å². The van der Waals surface area contributed by atoms with E-state index in [1.807, 2.05) is 62.4 Å². The maximum atomic E-state index is 12.4. The van der Waals surface area contributed by atoms with Crippen molar-refractivity contribution in [3.8, 4) is 17.1 Å². The lowest BCUT2D eigenvalue weighted by atomic mass is 10.1. The molecule has 0 aliphatic heterocycles. The average Bonchev–Trinajstić information content (AvgIpc) is 2.64. The van der Waals surface area contributed by atoms with E-state index < -0.39 is 0 Å². The summed E-state index contributed by atoms with van der Waals surface area (Å²) in [7, 11) is 1.55. The predicted molar refractivity (Wildman–Crippen MR) is 97.9 cm³/mol. The molecule has 1 aromatic heterocycles. The molecule has 0 spiro atoms. The summed E-state index contributed by atoms with van der Waals surface area (Å²) < 4.78 is 5.00. The van der Waals surface area contributed by atoms with E-state index in [2.05, 4.69) is 15.5 Å². The molecule has 0 fully saturated rings. The molecule has 0 atom stereocenters. The number of carbonyl (C=O) groups is 1. The second kappa shape index (κ2) is 7.13. The van der Waals surface area contributed by atoms with E-state index in [1.165, 1.54) is 5.56 Å². The van der Waals surface area contributed by atoms with Gasteiger partial charge in [0.1, 0.15) is 0 Å². The van der Waals surface area contributed by atoms with E-state index in [0.717, 1.165) is 22.5 Å². The van der Waals surface area contributed by atoms with Gasteiger partial charge in [-0.25, -0.2) is 0 Å². The van der Waals surface area contributed by atoms with Gasteiger partial charge in [-0.1, -0.05) is 18.2 Å². The Hall–Kier alpha value is -3.21. The average molecular weight is 333 g/mol. The number of carbonyl (C=O) groups excluding carboxylic acids is 1. The third-order valence-corrected chi connectivity index (χ3v) is 4.06. The van der Waals surface area contributed by atoms with Crippen molar-refractivity contribution in [2.24, 2.45) is 0 Å². The van der Waals surface area contributed by atoms with Crippen LogP contribution in [0.3, 0.4) is 0 Å². The highest BCUT2D eigenvalue weighted by Crippen LogP contribution is 2.21. The molecule has 126 valence electrons. The van der Waals surface area contributed by atoms with Gasteiger partial charge in [0.15, 0.2) is 0 Å². The first kappa shape index (κ1) is 16.6. The van der Waals surface area contributed by atoms with Gasteiger partial charge >= 0.3 is 0 Å². The molecule has 0 aliphatic carbocycles. The van der Waals surface area contributed by atoms with Crippen LogP contribution in [0, 0.1) is 13.8 Å². The predicted octanol–water partition coefficient (Wildman–Crippen LogP) is 4.02. The number of rotatable bonds is 4. The summed E-state index contributed by atoms with van der Waals surface area (Å²) in [5.74, 6) is 0.348. The quantitative estimate of drug-likeness (QED) is 0.783. The van der Waals surface area contributed by atoms with Crippen LogP contribution in [0.1, 0.15) is 21.5 Å². The van der Waals surface area contributed by atoms with E-state index in [1.54, 1.807) is 13.2 Å².